The summed E-state index contributed by atoms with van der Waals surface area (Å²) in [4.78, 5) is 11.1. The van der Waals surface area contributed by atoms with Crippen LogP contribution in [0.3, 0.4) is 0 Å². The van der Waals surface area contributed by atoms with Crippen molar-refractivity contribution in [1.82, 2.24) is 0 Å². The molecule has 1 rings (SSSR count). The summed E-state index contributed by atoms with van der Waals surface area (Å²) in [5.74, 6) is 0. The predicted octanol–water partition coefficient (Wildman–Crippen LogP) is 3.05. The Morgan fingerprint density at radius 3 is 2.44 bits per heavy atom. The molecule has 0 radical (unpaired) electrons. The lowest BCUT2D eigenvalue weighted by molar-refractivity contribution is -0.103. The quantitative estimate of drug-likeness (QED) is 0.444. The molecule has 0 spiro atoms. The number of allylic oxidation sites excluding steroid dienone is 1. The van der Waals surface area contributed by atoms with E-state index >= 15 is 0 Å². The van der Waals surface area contributed by atoms with E-state index < -0.39 is 8.32 Å². The van der Waals surface area contributed by atoms with E-state index in [-0.39, 0.29) is 0 Å². The molecule has 0 N–H and O–H groups in total. The van der Waals surface area contributed by atoms with Crippen LogP contribution < -0.4 is 0 Å². The predicted molar refractivity (Wildman–Crippen MR) is 69.6 cm³/mol. The van der Waals surface area contributed by atoms with Crippen LogP contribution in [0.25, 0.3) is 5.57 Å². The van der Waals surface area contributed by atoms with Crippen molar-refractivity contribution in [3.05, 3.63) is 41.6 Å². The van der Waals surface area contributed by atoms with Gasteiger partial charge < -0.3 is 4.43 Å². The van der Waals surface area contributed by atoms with E-state index in [1.165, 1.54) is 0 Å². The van der Waals surface area contributed by atoms with Crippen molar-refractivity contribution >= 4 is 20.2 Å². The first kappa shape index (κ1) is 12.9. The van der Waals surface area contributed by atoms with Crippen LogP contribution in [0.5, 0.6) is 0 Å². The second kappa shape index (κ2) is 5.77. The lowest BCUT2D eigenvalue weighted by Gasteiger charge is -2.18. The van der Waals surface area contributed by atoms with Gasteiger partial charge >= 0.3 is 0 Å². The average molecular weight is 234 g/mol. The number of carbonyl (C=O) groups excluding carboxylic acids is 1. The van der Waals surface area contributed by atoms with Crippen molar-refractivity contribution in [2.45, 2.75) is 20.0 Å². The molecule has 0 atom stereocenters. The largest absolute Gasteiger partial charge is 0.414 e. The van der Waals surface area contributed by atoms with E-state index in [0.717, 1.165) is 17.4 Å². The first-order valence-corrected chi connectivity index (χ1v) is 8.45. The van der Waals surface area contributed by atoms with Crippen molar-refractivity contribution in [1.29, 1.82) is 0 Å². The van der Waals surface area contributed by atoms with Gasteiger partial charge in [0.2, 0.25) is 8.32 Å². The van der Waals surface area contributed by atoms with E-state index in [0.29, 0.717) is 6.61 Å². The molecule has 0 saturated carbocycles. The monoisotopic (exact) mass is 234 g/mol. The second-order valence-corrected chi connectivity index (χ2v) is 7.90. The number of carbonyl (C=O) groups is 1. The minimum Gasteiger partial charge on any atom is -0.414 e. The Bertz CT molecular complexity index is 369. The number of hydrogen-bond donors (Lipinski definition) is 0. The van der Waals surface area contributed by atoms with E-state index in [4.69, 9.17) is 4.43 Å². The Morgan fingerprint density at radius 1 is 1.31 bits per heavy atom. The highest BCUT2D eigenvalue weighted by atomic mass is 28.4. The zero-order valence-electron chi connectivity index (χ0n) is 10.1. The molecule has 0 unspecified atom stereocenters. The molecule has 0 aliphatic carbocycles. The Morgan fingerprint density at radius 2 is 1.94 bits per heavy atom. The van der Waals surface area contributed by atoms with Crippen molar-refractivity contribution in [2.24, 2.45) is 0 Å². The fraction of sp³-hybridized carbons (Fsp3) is 0.308. The molecule has 0 aromatic heterocycles. The summed E-state index contributed by atoms with van der Waals surface area (Å²) in [7, 11) is -1.86. The lowest BCUT2D eigenvalue weighted by Crippen LogP contribution is -2.28. The maximum atomic E-state index is 11.1. The Balaban J connectivity index is 2.99. The highest BCUT2D eigenvalue weighted by Gasteiger charge is 2.19. The van der Waals surface area contributed by atoms with Gasteiger partial charge in [-0.1, -0.05) is 36.0 Å². The van der Waals surface area contributed by atoms with Gasteiger partial charge in [0.1, 0.15) is 6.29 Å². The van der Waals surface area contributed by atoms with Crippen LogP contribution in [0.2, 0.25) is 13.1 Å². The van der Waals surface area contributed by atoms with Crippen LogP contribution in [0.1, 0.15) is 12.5 Å². The molecule has 1 aromatic carbocycles. The van der Waals surface area contributed by atoms with Gasteiger partial charge in [0, 0.05) is 12.2 Å². The van der Waals surface area contributed by atoms with Crippen LogP contribution in [0.4, 0.5) is 0 Å². The van der Waals surface area contributed by atoms with E-state index in [9.17, 15) is 4.79 Å². The molecule has 86 valence electrons. The molecule has 0 aliphatic heterocycles. The normalized spacial score (nSPS) is 12.6. The third-order valence-electron chi connectivity index (χ3n) is 2.25. The molecular formula is C13H18O2Si. The molecule has 0 saturated heterocycles. The zero-order valence-corrected chi connectivity index (χ0v) is 11.1. The molecule has 16 heavy (non-hydrogen) atoms. The van der Waals surface area contributed by atoms with Gasteiger partial charge in [0.25, 0.3) is 0 Å². The Labute approximate surface area is 98.1 Å². The van der Waals surface area contributed by atoms with Gasteiger partial charge in [-0.25, -0.2) is 0 Å². The number of hydrogen-bond acceptors (Lipinski definition) is 2. The molecule has 0 heterocycles. The van der Waals surface area contributed by atoms with Gasteiger partial charge in [-0.3, -0.25) is 4.79 Å². The van der Waals surface area contributed by atoms with Crippen molar-refractivity contribution in [3.63, 3.8) is 0 Å². The third-order valence-corrected chi connectivity index (χ3v) is 4.29. The fourth-order valence-electron chi connectivity index (χ4n) is 1.60. The zero-order chi connectivity index (χ0) is 12.0. The van der Waals surface area contributed by atoms with Crippen LogP contribution >= 0.6 is 0 Å². The number of rotatable bonds is 5. The smallest absolute Gasteiger partial charge is 0.211 e. The van der Waals surface area contributed by atoms with Crippen molar-refractivity contribution < 1.29 is 9.22 Å². The molecule has 2 nitrogen and oxygen atoms in total. The lowest BCUT2D eigenvalue weighted by atomic mass is 10.1. The minimum atomic E-state index is -1.86. The highest BCUT2D eigenvalue weighted by Crippen LogP contribution is 2.16. The SMILES string of the molecule is CCO[Si](C)(C)/C=C(/C=O)c1ccccc1. The van der Waals surface area contributed by atoms with E-state index in [1.807, 2.05) is 43.0 Å². The van der Waals surface area contributed by atoms with Gasteiger partial charge in [-0.15, -0.1) is 0 Å². The van der Waals surface area contributed by atoms with Gasteiger partial charge in [-0.2, -0.15) is 0 Å². The standard InChI is InChI=1S/C13H18O2Si/c1-4-15-16(2,3)11-13(10-14)12-8-6-5-7-9-12/h5-11H,4H2,1-3H3/b13-11-. The summed E-state index contributed by atoms with van der Waals surface area (Å²) >= 11 is 0. The van der Waals surface area contributed by atoms with Crippen molar-refractivity contribution in [2.75, 3.05) is 6.61 Å². The summed E-state index contributed by atoms with van der Waals surface area (Å²) in [6, 6.07) is 9.69. The van der Waals surface area contributed by atoms with Crippen LogP contribution in [0.15, 0.2) is 36.0 Å². The Kier molecular flexibility index (Phi) is 4.64. The van der Waals surface area contributed by atoms with Crippen molar-refractivity contribution in [3.8, 4) is 0 Å². The van der Waals surface area contributed by atoms with Crippen LogP contribution in [0, 0.1) is 0 Å². The summed E-state index contributed by atoms with van der Waals surface area (Å²) in [5, 5.41) is 0. The van der Waals surface area contributed by atoms with Gasteiger partial charge in [-0.05, 0) is 25.6 Å². The van der Waals surface area contributed by atoms with E-state index in [2.05, 4.69) is 13.1 Å². The van der Waals surface area contributed by atoms with Crippen LogP contribution in [-0.4, -0.2) is 21.2 Å². The highest BCUT2D eigenvalue weighted by molar-refractivity contribution is 6.77. The summed E-state index contributed by atoms with van der Waals surface area (Å²) in [6.07, 6.45) is 0.906. The topological polar surface area (TPSA) is 26.3 Å². The molecule has 0 aliphatic rings. The Hall–Kier alpha value is -1.19. The molecule has 0 fully saturated rings. The maximum absolute atomic E-state index is 11.1. The molecule has 0 amide bonds. The molecule has 3 heteroatoms. The third kappa shape index (κ3) is 3.75. The van der Waals surface area contributed by atoms with Gasteiger partial charge in [0.15, 0.2) is 0 Å². The van der Waals surface area contributed by atoms with Gasteiger partial charge in [0.05, 0.1) is 0 Å². The molecule has 0 bridgehead atoms. The minimum absolute atomic E-state index is 0.691. The first-order valence-electron chi connectivity index (χ1n) is 5.46. The maximum Gasteiger partial charge on any atom is 0.211 e. The number of benzene rings is 1. The molecule has 1 aromatic rings. The molecular weight excluding hydrogens is 216 g/mol. The summed E-state index contributed by atoms with van der Waals surface area (Å²) < 4.78 is 5.69. The van der Waals surface area contributed by atoms with Crippen LogP contribution in [-0.2, 0) is 9.22 Å². The summed E-state index contributed by atoms with van der Waals surface area (Å²) in [6.45, 7) is 6.84. The second-order valence-electron chi connectivity index (χ2n) is 4.12. The number of aldehydes is 1. The summed E-state index contributed by atoms with van der Waals surface area (Å²) in [5.41, 5.74) is 3.68. The average Bonchev–Trinajstić information content (AvgIpc) is 2.27. The van der Waals surface area contributed by atoms with E-state index in [1.54, 1.807) is 0 Å². The first-order chi connectivity index (χ1) is 7.59. The fourth-order valence-corrected chi connectivity index (χ4v) is 3.42.